The van der Waals surface area contributed by atoms with Gasteiger partial charge in [0, 0.05) is 0 Å². The predicted molar refractivity (Wildman–Crippen MR) is 58.1 cm³/mol. The summed E-state index contributed by atoms with van der Waals surface area (Å²) in [6.45, 7) is 5.22. The lowest BCUT2D eigenvalue weighted by Crippen LogP contribution is -2.30. The monoisotopic (exact) mass is 184 g/mol. The largest absolute Gasteiger partial charge is 0.320 e. The van der Waals surface area contributed by atoms with Crippen molar-refractivity contribution in [3.63, 3.8) is 0 Å². The first-order valence-corrected chi connectivity index (χ1v) is 5.80. The summed E-state index contributed by atoms with van der Waals surface area (Å²) in [7, 11) is 2.03. The Morgan fingerprint density at radius 2 is 1.77 bits per heavy atom. The molecule has 1 saturated heterocycles. The van der Waals surface area contributed by atoms with Gasteiger partial charge >= 0.3 is 0 Å². The second kappa shape index (κ2) is 7.34. The molecule has 0 atom stereocenters. The number of likely N-dealkylation sites (tertiary alicyclic amines) is 1. The van der Waals surface area contributed by atoms with Crippen LogP contribution < -0.4 is 5.32 Å². The van der Waals surface area contributed by atoms with E-state index >= 15 is 0 Å². The van der Waals surface area contributed by atoms with E-state index in [0.29, 0.717) is 0 Å². The van der Waals surface area contributed by atoms with E-state index in [9.17, 15) is 0 Å². The third-order valence-corrected chi connectivity index (χ3v) is 2.85. The first kappa shape index (κ1) is 11.0. The van der Waals surface area contributed by atoms with Crippen LogP contribution in [0.4, 0.5) is 0 Å². The van der Waals surface area contributed by atoms with Gasteiger partial charge in [0.05, 0.1) is 0 Å². The lowest BCUT2D eigenvalue weighted by atomic mass is 10.1. The fraction of sp³-hybridized carbons (Fsp3) is 1.00. The van der Waals surface area contributed by atoms with Crippen molar-refractivity contribution in [2.45, 2.75) is 38.5 Å². The van der Waals surface area contributed by atoms with Gasteiger partial charge < -0.3 is 10.2 Å². The van der Waals surface area contributed by atoms with Crippen molar-refractivity contribution in [3.05, 3.63) is 0 Å². The molecule has 0 radical (unpaired) electrons. The summed E-state index contributed by atoms with van der Waals surface area (Å²) in [6.07, 6.45) is 8.42. The summed E-state index contributed by atoms with van der Waals surface area (Å²) >= 11 is 0. The van der Waals surface area contributed by atoms with E-state index in [4.69, 9.17) is 0 Å². The molecule has 78 valence electrons. The molecule has 1 N–H and O–H groups in total. The number of nitrogens with zero attached hydrogens (tertiary/aromatic N) is 1. The Morgan fingerprint density at radius 3 is 2.46 bits per heavy atom. The van der Waals surface area contributed by atoms with Crippen LogP contribution >= 0.6 is 0 Å². The number of hydrogen-bond acceptors (Lipinski definition) is 2. The average Bonchev–Trinajstić information content (AvgIpc) is 2.19. The number of rotatable bonds is 6. The molecule has 2 heteroatoms. The van der Waals surface area contributed by atoms with Crippen LogP contribution in [0.15, 0.2) is 0 Å². The van der Waals surface area contributed by atoms with Crippen LogP contribution in [-0.4, -0.2) is 38.1 Å². The molecule has 0 aromatic heterocycles. The third kappa shape index (κ3) is 5.27. The Hall–Kier alpha value is -0.0800. The van der Waals surface area contributed by atoms with Gasteiger partial charge in [-0.1, -0.05) is 12.8 Å². The number of hydrogen-bond donors (Lipinski definition) is 1. The molecule has 0 amide bonds. The molecule has 0 aliphatic carbocycles. The summed E-state index contributed by atoms with van der Waals surface area (Å²) in [5.41, 5.74) is 0. The van der Waals surface area contributed by atoms with Crippen LogP contribution in [0.5, 0.6) is 0 Å². The molecule has 0 spiro atoms. The summed E-state index contributed by atoms with van der Waals surface area (Å²) < 4.78 is 0. The van der Waals surface area contributed by atoms with E-state index < -0.39 is 0 Å². The predicted octanol–water partition coefficient (Wildman–Crippen LogP) is 1.86. The molecule has 0 unspecified atom stereocenters. The Balaban J connectivity index is 1.86. The second-order valence-corrected chi connectivity index (χ2v) is 4.07. The lowest BCUT2D eigenvalue weighted by Gasteiger charge is -2.26. The molecule has 1 heterocycles. The number of nitrogens with one attached hydrogen (secondary N) is 1. The van der Waals surface area contributed by atoms with Crippen LogP contribution in [0.1, 0.15) is 38.5 Å². The van der Waals surface area contributed by atoms with E-state index in [1.165, 1.54) is 64.7 Å². The van der Waals surface area contributed by atoms with Crippen LogP contribution in [-0.2, 0) is 0 Å². The van der Waals surface area contributed by atoms with Crippen molar-refractivity contribution in [3.8, 4) is 0 Å². The molecule has 1 rings (SSSR count). The summed E-state index contributed by atoms with van der Waals surface area (Å²) in [6, 6.07) is 0. The van der Waals surface area contributed by atoms with Gasteiger partial charge in [-0.15, -0.1) is 0 Å². The Labute approximate surface area is 82.7 Å². The maximum atomic E-state index is 3.19. The molecule has 13 heavy (non-hydrogen) atoms. The highest BCUT2D eigenvalue weighted by Gasteiger charge is 2.08. The molecule has 0 aromatic carbocycles. The number of unbranched alkanes of at least 4 members (excludes halogenated alkanes) is 2. The maximum absolute atomic E-state index is 3.19. The summed E-state index contributed by atoms with van der Waals surface area (Å²) in [5, 5.41) is 3.19. The van der Waals surface area contributed by atoms with Crippen molar-refractivity contribution in [1.82, 2.24) is 10.2 Å². The standard InChI is InChI=1S/C11H24N2/c1-12-8-4-2-5-9-13-10-6-3-7-11-13/h12H,2-11H2,1H3. The van der Waals surface area contributed by atoms with Crippen molar-refractivity contribution >= 4 is 0 Å². The summed E-state index contributed by atoms with van der Waals surface area (Å²) in [5.74, 6) is 0. The van der Waals surface area contributed by atoms with Gasteiger partial charge in [-0.25, -0.2) is 0 Å². The van der Waals surface area contributed by atoms with Crippen molar-refractivity contribution in [2.24, 2.45) is 0 Å². The Morgan fingerprint density at radius 1 is 1.00 bits per heavy atom. The normalized spacial score (nSPS) is 19.2. The van der Waals surface area contributed by atoms with Gasteiger partial charge in [0.15, 0.2) is 0 Å². The minimum absolute atomic E-state index is 1.18. The quantitative estimate of drug-likeness (QED) is 0.634. The molecule has 1 aliphatic rings. The molecular weight excluding hydrogens is 160 g/mol. The van der Waals surface area contributed by atoms with Crippen LogP contribution in [0.2, 0.25) is 0 Å². The highest BCUT2D eigenvalue weighted by atomic mass is 15.1. The highest BCUT2D eigenvalue weighted by molar-refractivity contribution is 4.64. The molecule has 2 nitrogen and oxygen atoms in total. The zero-order valence-electron chi connectivity index (χ0n) is 9.02. The number of piperidine rings is 1. The minimum atomic E-state index is 1.18. The summed E-state index contributed by atoms with van der Waals surface area (Å²) in [4.78, 5) is 2.63. The van der Waals surface area contributed by atoms with Gasteiger partial charge in [0.1, 0.15) is 0 Å². The topological polar surface area (TPSA) is 15.3 Å². The lowest BCUT2D eigenvalue weighted by molar-refractivity contribution is 0.224. The molecule has 1 fully saturated rings. The first-order chi connectivity index (χ1) is 6.43. The fourth-order valence-electron chi connectivity index (χ4n) is 2.00. The van der Waals surface area contributed by atoms with Crippen LogP contribution in [0.25, 0.3) is 0 Å². The smallest absolute Gasteiger partial charge is 0.00187 e. The maximum Gasteiger partial charge on any atom is -0.00187 e. The minimum Gasteiger partial charge on any atom is -0.320 e. The van der Waals surface area contributed by atoms with Crippen LogP contribution in [0.3, 0.4) is 0 Å². The zero-order chi connectivity index (χ0) is 9.36. The second-order valence-electron chi connectivity index (χ2n) is 4.07. The van der Waals surface area contributed by atoms with Gasteiger partial charge in [0.2, 0.25) is 0 Å². The van der Waals surface area contributed by atoms with Crippen molar-refractivity contribution < 1.29 is 0 Å². The van der Waals surface area contributed by atoms with E-state index in [2.05, 4.69) is 10.2 Å². The Bertz CT molecular complexity index is 109. The zero-order valence-corrected chi connectivity index (χ0v) is 9.02. The SMILES string of the molecule is CNCCCCCN1CCCCC1. The van der Waals surface area contributed by atoms with Crippen molar-refractivity contribution in [2.75, 3.05) is 33.2 Å². The van der Waals surface area contributed by atoms with Gasteiger partial charge in [-0.2, -0.15) is 0 Å². The fourth-order valence-corrected chi connectivity index (χ4v) is 2.00. The van der Waals surface area contributed by atoms with Crippen molar-refractivity contribution in [1.29, 1.82) is 0 Å². The van der Waals surface area contributed by atoms with E-state index in [1.807, 2.05) is 7.05 Å². The van der Waals surface area contributed by atoms with Gasteiger partial charge in [-0.05, 0) is 58.9 Å². The van der Waals surface area contributed by atoms with Crippen LogP contribution in [0, 0.1) is 0 Å². The van der Waals surface area contributed by atoms with Gasteiger partial charge in [0.25, 0.3) is 0 Å². The molecule has 1 aliphatic heterocycles. The van der Waals surface area contributed by atoms with Gasteiger partial charge in [-0.3, -0.25) is 0 Å². The molecule has 0 bridgehead atoms. The average molecular weight is 184 g/mol. The Kier molecular flexibility index (Phi) is 6.21. The first-order valence-electron chi connectivity index (χ1n) is 5.80. The molecule has 0 saturated carbocycles. The molecular formula is C11H24N2. The van der Waals surface area contributed by atoms with E-state index in [0.717, 1.165) is 0 Å². The third-order valence-electron chi connectivity index (χ3n) is 2.85. The van der Waals surface area contributed by atoms with E-state index in [-0.39, 0.29) is 0 Å². The molecule has 0 aromatic rings. The highest BCUT2D eigenvalue weighted by Crippen LogP contribution is 2.09. The van der Waals surface area contributed by atoms with E-state index in [1.54, 1.807) is 0 Å².